The molecular weight excluding hydrogens is 358 g/mol. The van der Waals surface area contributed by atoms with Crippen LogP contribution in [0.15, 0.2) is 64.4 Å². The molecule has 0 radical (unpaired) electrons. The van der Waals surface area contributed by atoms with Crippen LogP contribution in [-0.2, 0) is 9.59 Å². The minimum Gasteiger partial charge on any atom is -0.369 e. The summed E-state index contributed by atoms with van der Waals surface area (Å²) < 4.78 is 0. The molecule has 6 heteroatoms. The third-order valence-corrected chi connectivity index (χ3v) is 6.06. The van der Waals surface area contributed by atoms with Crippen molar-refractivity contribution in [2.24, 2.45) is 11.7 Å². The first-order valence-corrected chi connectivity index (χ1v) is 10.0. The van der Waals surface area contributed by atoms with E-state index in [-0.39, 0.29) is 23.8 Å². The highest BCUT2D eigenvalue weighted by molar-refractivity contribution is 7.99. The van der Waals surface area contributed by atoms with Crippen molar-refractivity contribution in [2.45, 2.75) is 35.6 Å². The first-order chi connectivity index (χ1) is 13.0. The lowest BCUT2D eigenvalue weighted by Crippen LogP contribution is -2.47. The maximum absolute atomic E-state index is 12.8. The molecule has 0 aromatic heterocycles. The quantitative estimate of drug-likeness (QED) is 0.802. The number of nitrogens with zero attached hydrogens (tertiary/aromatic N) is 1. The van der Waals surface area contributed by atoms with Crippen LogP contribution in [0, 0.1) is 5.92 Å². The van der Waals surface area contributed by atoms with E-state index in [9.17, 15) is 9.59 Å². The van der Waals surface area contributed by atoms with E-state index in [1.165, 1.54) is 0 Å². The Hall–Kier alpha value is -2.31. The average Bonchev–Trinajstić information content (AvgIpc) is 2.69. The Morgan fingerprint density at radius 1 is 1.07 bits per heavy atom. The maximum atomic E-state index is 12.8. The van der Waals surface area contributed by atoms with Gasteiger partial charge in [-0.05, 0) is 57.1 Å². The summed E-state index contributed by atoms with van der Waals surface area (Å²) in [4.78, 5) is 28.3. The Morgan fingerprint density at radius 3 is 2.37 bits per heavy atom. The van der Waals surface area contributed by atoms with Crippen molar-refractivity contribution < 1.29 is 9.59 Å². The molecule has 2 aromatic rings. The number of carbonyl (C=O) groups excluding carboxylic acids is 2. The Labute approximate surface area is 164 Å². The highest BCUT2D eigenvalue weighted by Crippen LogP contribution is 2.33. The number of benzene rings is 2. The standard InChI is InChI=1S/C21H25N3O2S/c1-15(24-13-11-16(12-14-24)20(22)25)21(26)23-18-9-5-6-10-19(18)27-17-7-3-2-4-8-17/h2-10,15-16H,11-14H2,1H3,(H2,22,25)(H,23,26)/t15-/m0/s1. The number of hydrogen-bond acceptors (Lipinski definition) is 4. The zero-order valence-electron chi connectivity index (χ0n) is 15.4. The Morgan fingerprint density at radius 2 is 1.70 bits per heavy atom. The molecule has 3 N–H and O–H groups in total. The van der Waals surface area contributed by atoms with Gasteiger partial charge in [0.1, 0.15) is 0 Å². The van der Waals surface area contributed by atoms with Gasteiger partial charge in [0, 0.05) is 15.7 Å². The van der Waals surface area contributed by atoms with Gasteiger partial charge in [0.2, 0.25) is 11.8 Å². The van der Waals surface area contributed by atoms with Crippen LogP contribution in [0.4, 0.5) is 5.69 Å². The lowest BCUT2D eigenvalue weighted by molar-refractivity contribution is -0.124. The molecule has 1 aliphatic heterocycles. The number of nitrogens with two attached hydrogens (primary N) is 1. The normalized spacial score (nSPS) is 16.6. The Kier molecular flexibility index (Phi) is 6.53. The molecule has 0 bridgehead atoms. The SMILES string of the molecule is C[C@@H](C(=O)Nc1ccccc1Sc1ccccc1)N1CCC(C(N)=O)CC1. The molecule has 1 atom stereocenters. The van der Waals surface area contributed by atoms with E-state index < -0.39 is 0 Å². The first-order valence-electron chi connectivity index (χ1n) is 9.21. The van der Waals surface area contributed by atoms with Crippen molar-refractivity contribution in [3.8, 4) is 0 Å². The number of carbonyl (C=O) groups is 2. The van der Waals surface area contributed by atoms with Gasteiger partial charge < -0.3 is 11.1 Å². The zero-order chi connectivity index (χ0) is 19.2. The van der Waals surface area contributed by atoms with Gasteiger partial charge >= 0.3 is 0 Å². The molecule has 1 saturated heterocycles. The summed E-state index contributed by atoms with van der Waals surface area (Å²) in [6.07, 6.45) is 1.43. The summed E-state index contributed by atoms with van der Waals surface area (Å²) in [5.41, 5.74) is 6.21. The Bertz CT molecular complexity index is 789. The summed E-state index contributed by atoms with van der Waals surface area (Å²) >= 11 is 1.63. The van der Waals surface area contributed by atoms with Crippen LogP contribution in [0.1, 0.15) is 19.8 Å². The molecule has 0 unspecified atom stereocenters. The van der Waals surface area contributed by atoms with E-state index in [4.69, 9.17) is 5.73 Å². The molecule has 2 aromatic carbocycles. The van der Waals surface area contributed by atoms with Crippen molar-refractivity contribution in [2.75, 3.05) is 18.4 Å². The molecule has 3 rings (SSSR count). The second kappa shape index (κ2) is 9.06. The lowest BCUT2D eigenvalue weighted by Gasteiger charge is -2.34. The van der Waals surface area contributed by atoms with Crippen molar-refractivity contribution in [3.05, 3.63) is 54.6 Å². The minimum absolute atomic E-state index is 0.0337. The number of amides is 2. The van der Waals surface area contributed by atoms with Gasteiger partial charge in [-0.2, -0.15) is 0 Å². The highest BCUT2D eigenvalue weighted by atomic mass is 32.2. The maximum Gasteiger partial charge on any atom is 0.241 e. The van der Waals surface area contributed by atoms with Crippen LogP contribution in [0.25, 0.3) is 0 Å². The fraction of sp³-hybridized carbons (Fsp3) is 0.333. The van der Waals surface area contributed by atoms with Gasteiger partial charge in [0.05, 0.1) is 11.7 Å². The number of primary amides is 1. The number of para-hydroxylation sites is 1. The van der Waals surface area contributed by atoms with Gasteiger partial charge in [-0.1, -0.05) is 42.1 Å². The molecule has 1 heterocycles. The van der Waals surface area contributed by atoms with Crippen molar-refractivity contribution in [1.29, 1.82) is 0 Å². The molecule has 142 valence electrons. The van der Waals surface area contributed by atoms with Crippen LogP contribution in [0.3, 0.4) is 0 Å². The van der Waals surface area contributed by atoms with Crippen LogP contribution >= 0.6 is 11.8 Å². The summed E-state index contributed by atoms with van der Waals surface area (Å²) in [5.74, 6) is -0.341. The number of hydrogen-bond donors (Lipinski definition) is 2. The first kappa shape index (κ1) is 19.5. The predicted octanol–water partition coefficient (Wildman–Crippen LogP) is 3.36. The number of anilines is 1. The summed E-state index contributed by atoms with van der Waals surface area (Å²) in [5, 5.41) is 3.07. The van der Waals surface area contributed by atoms with Gasteiger partial charge in [0.25, 0.3) is 0 Å². The Balaban J connectivity index is 1.63. The molecule has 2 amide bonds. The second-order valence-electron chi connectivity index (χ2n) is 6.79. The fourth-order valence-corrected chi connectivity index (χ4v) is 4.17. The molecule has 1 fully saturated rings. The smallest absolute Gasteiger partial charge is 0.241 e. The number of rotatable bonds is 6. The van der Waals surface area contributed by atoms with E-state index in [0.717, 1.165) is 15.5 Å². The van der Waals surface area contributed by atoms with Gasteiger partial charge in [-0.25, -0.2) is 0 Å². The fourth-order valence-electron chi connectivity index (χ4n) is 3.25. The van der Waals surface area contributed by atoms with Gasteiger partial charge in [-0.3, -0.25) is 14.5 Å². The van der Waals surface area contributed by atoms with Crippen molar-refractivity contribution >= 4 is 29.3 Å². The van der Waals surface area contributed by atoms with Gasteiger partial charge in [0.15, 0.2) is 0 Å². The molecule has 27 heavy (non-hydrogen) atoms. The van der Waals surface area contributed by atoms with Crippen LogP contribution in [0.2, 0.25) is 0 Å². The third-order valence-electron chi connectivity index (χ3n) is 4.98. The zero-order valence-corrected chi connectivity index (χ0v) is 16.2. The molecule has 0 saturated carbocycles. The minimum atomic E-state index is -0.256. The summed E-state index contributed by atoms with van der Waals surface area (Å²) in [6, 6.07) is 17.7. The third kappa shape index (κ3) is 5.11. The number of nitrogens with one attached hydrogen (secondary N) is 1. The van der Waals surface area contributed by atoms with E-state index in [0.29, 0.717) is 25.9 Å². The van der Waals surface area contributed by atoms with Crippen LogP contribution in [-0.4, -0.2) is 35.8 Å². The monoisotopic (exact) mass is 383 g/mol. The molecule has 1 aliphatic rings. The van der Waals surface area contributed by atoms with Crippen LogP contribution in [0.5, 0.6) is 0 Å². The van der Waals surface area contributed by atoms with E-state index >= 15 is 0 Å². The average molecular weight is 384 g/mol. The van der Waals surface area contributed by atoms with E-state index in [2.05, 4.69) is 22.3 Å². The highest BCUT2D eigenvalue weighted by Gasteiger charge is 2.29. The molecule has 0 spiro atoms. The van der Waals surface area contributed by atoms with Gasteiger partial charge in [-0.15, -0.1) is 0 Å². The molecular formula is C21H25N3O2S. The lowest BCUT2D eigenvalue weighted by atomic mass is 9.95. The predicted molar refractivity (Wildman–Crippen MR) is 109 cm³/mol. The molecule has 0 aliphatic carbocycles. The van der Waals surface area contributed by atoms with E-state index in [1.807, 2.05) is 49.4 Å². The topological polar surface area (TPSA) is 75.4 Å². The van der Waals surface area contributed by atoms with E-state index in [1.54, 1.807) is 11.8 Å². The number of piperidine rings is 1. The van der Waals surface area contributed by atoms with Crippen molar-refractivity contribution in [1.82, 2.24) is 4.90 Å². The summed E-state index contributed by atoms with van der Waals surface area (Å²) in [6.45, 7) is 3.33. The van der Waals surface area contributed by atoms with Crippen LogP contribution < -0.4 is 11.1 Å². The second-order valence-corrected chi connectivity index (χ2v) is 7.90. The van der Waals surface area contributed by atoms with Crippen molar-refractivity contribution in [3.63, 3.8) is 0 Å². The largest absolute Gasteiger partial charge is 0.369 e. The summed E-state index contributed by atoms with van der Waals surface area (Å²) in [7, 11) is 0. The molecule has 5 nitrogen and oxygen atoms in total. The number of likely N-dealkylation sites (tertiary alicyclic amines) is 1.